The maximum atomic E-state index is 5.00. The number of benzene rings is 12. The molecule has 0 atom stereocenters. The third kappa shape index (κ3) is 10.4. The molecule has 2 aliphatic rings. The molecule has 0 N–H and O–H groups in total. The first kappa shape index (κ1) is 56.2. The predicted molar refractivity (Wildman–Crippen MR) is 371 cm³/mol. The van der Waals surface area contributed by atoms with Crippen LogP contribution in [0.4, 0.5) is 0 Å². The Hall–Kier alpha value is -11.3. The number of hydrogen-bond donors (Lipinski definition) is 0. The topological polar surface area (TPSA) is 116 Å². The highest BCUT2D eigenvalue weighted by Crippen LogP contribution is 2.51. The zero-order valence-electron chi connectivity index (χ0n) is 51.8. The van der Waals surface area contributed by atoms with Gasteiger partial charge in [0, 0.05) is 44.2 Å². The van der Waals surface area contributed by atoms with Crippen LogP contribution in [0, 0.1) is 20.8 Å². The molecule has 2 aliphatic carbocycles. The summed E-state index contributed by atoms with van der Waals surface area (Å²) in [5.41, 5.74) is 16.6. The zero-order valence-corrected chi connectivity index (χ0v) is 51.8. The molecule has 0 radical (unpaired) electrons. The van der Waals surface area contributed by atoms with E-state index in [1.807, 2.05) is 81.4 Å². The molecular formula is C82H63N9. The second-order valence-electron chi connectivity index (χ2n) is 24.6. The molecular weight excluding hydrogens is 1110 g/mol. The lowest BCUT2D eigenvalue weighted by molar-refractivity contribution is 0.660. The fraction of sp³-hybridized carbons (Fsp3) is 0.110. The van der Waals surface area contributed by atoms with Gasteiger partial charge in [-0.2, -0.15) is 0 Å². The Bertz CT molecular complexity index is 5050. The summed E-state index contributed by atoms with van der Waals surface area (Å²) in [6.07, 6.45) is 0. The first-order chi connectivity index (χ1) is 44.3. The molecule has 0 spiro atoms. The highest BCUT2D eigenvalue weighted by Gasteiger charge is 2.37. The van der Waals surface area contributed by atoms with Crippen molar-refractivity contribution in [1.82, 2.24) is 44.9 Å². The highest BCUT2D eigenvalue weighted by atomic mass is 15.0. The Morgan fingerprint density at radius 2 is 0.495 bits per heavy atom. The molecule has 0 saturated heterocycles. The summed E-state index contributed by atoms with van der Waals surface area (Å²) >= 11 is 0. The van der Waals surface area contributed by atoms with Crippen LogP contribution in [0.25, 0.3) is 134 Å². The number of aryl methyl sites for hydroxylation is 3. The lowest BCUT2D eigenvalue weighted by atomic mass is 9.82. The van der Waals surface area contributed by atoms with Gasteiger partial charge in [-0.1, -0.05) is 258 Å². The number of rotatable bonds is 6. The van der Waals surface area contributed by atoms with Crippen LogP contribution in [0.2, 0.25) is 0 Å². The van der Waals surface area contributed by atoms with Crippen LogP contribution in [-0.4, -0.2) is 44.9 Å². The van der Waals surface area contributed by atoms with E-state index in [1.165, 1.54) is 76.8 Å². The number of nitrogens with zero attached hydrogens (tertiary/aromatic N) is 9. The van der Waals surface area contributed by atoms with Gasteiger partial charge in [-0.25, -0.2) is 44.9 Å². The van der Waals surface area contributed by atoms with Crippen LogP contribution in [0.5, 0.6) is 0 Å². The van der Waals surface area contributed by atoms with Crippen LogP contribution < -0.4 is 0 Å². The van der Waals surface area contributed by atoms with Crippen molar-refractivity contribution in [2.75, 3.05) is 0 Å². The molecule has 15 aromatic rings. The fourth-order valence-electron chi connectivity index (χ4n) is 13.4. The Morgan fingerprint density at radius 3 is 0.912 bits per heavy atom. The summed E-state index contributed by atoms with van der Waals surface area (Å²) in [6, 6.07) is 89.1. The predicted octanol–water partition coefficient (Wildman–Crippen LogP) is 19.8. The maximum Gasteiger partial charge on any atom is 0.164 e. The number of aromatic nitrogens is 9. The van der Waals surface area contributed by atoms with Gasteiger partial charge >= 0.3 is 0 Å². The molecule has 0 aliphatic heterocycles. The summed E-state index contributed by atoms with van der Waals surface area (Å²) in [5, 5.41) is 9.44. The molecule has 9 heteroatoms. The number of fused-ring (bicyclic) bond motifs is 10. The van der Waals surface area contributed by atoms with Gasteiger partial charge in [0.2, 0.25) is 0 Å². The average Bonchev–Trinajstić information content (AvgIpc) is 1.61. The smallest absolute Gasteiger partial charge is 0.164 e. The normalized spacial score (nSPS) is 13.0. The zero-order chi connectivity index (χ0) is 62.0. The molecule has 3 aromatic heterocycles. The van der Waals surface area contributed by atoms with Gasteiger partial charge < -0.3 is 0 Å². The third-order valence-electron chi connectivity index (χ3n) is 18.0. The molecule has 0 amide bonds. The van der Waals surface area contributed by atoms with Crippen molar-refractivity contribution >= 4 is 43.1 Å². The Balaban J connectivity index is 0.000000116. The Morgan fingerprint density at radius 1 is 0.209 bits per heavy atom. The summed E-state index contributed by atoms with van der Waals surface area (Å²) in [5.74, 6) is 6.44. The van der Waals surface area contributed by atoms with Gasteiger partial charge in [-0.3, -0.25) is 0 Å². The minimum absolute atomic E-state index is 0.0621. The quantitative estimate of drug-likeness (QED) is 0.160. The van der Waals surface area contributed by atoms with Crippen LogP contribution in [0.3, 0.4) is 0 Å². The summed E-state index contributed by atoms with van der Waals surface area (Å²) in [7, 11) is 0. The van der Waals surface area contributed by atoms with Crippen LogP contribution >= 0.6 is 0 Å². The van der Waals surface area contributed by atoms with Crippen molar-refractivity contribution in [3.8, 4) is 90.6 Å². The largest absolute Gasteiger partial charge is 0.213 e. The molecule has 12 aromatic carbocycles. The van der Waals surface area contributed by atoms with E-state index in [4.69, 9.17) is 24.9 Å². The second-order valence-corrected chi connectivity index (χ2v) is 24.6. The van der Waals surface area contributed by atoms with Crippen molar-refractivity contribution in [2.45, 2.75) is 59.3 Å². The average molecular weight is 1170 g/mol. The molecule has 17 rings (SSSR count). The van der Waals surface area contributed by atoms with E-state index in [2.05, 4.69) is 242 Å². The van der Waals surface area contributed by atoms with E-state index >= 15 is 0 Å². The molecule has 0 fully saturated rings. The van der Waals surface area contributed by atoms with Crippen LogP contribution in [0.15, 0.2) is 255 Å². The van der Waals surface area contributed by atoms with Gasteiger partial charge in [0.1, 0.15) is 17.5 Å². The van der Waals surface area contributed by atoms with Crippen molar-refractivity contribution < 1.29 is 0 Å². The SMILES string of the molecule is Cc1nc(-c2ccc3c(c2)C(C)(C)c2ccccc2-3)nc(-c2ccc3c(c2)C(C)(C)c2ccccc2-3)n1.Cc1nc(-c2ccc3ccccc3c2)nc(-c2ccc3ccccc3c2)n1.Cc1nc(-c2cccc3ccccc23)nc(-c2cccc3ccccc23)n1. The standard InChI is InChI=1S/C34H29N3.2C24H17N3/c1-20-35-31(21-14-16-25-23-10-6-8-12-27(23)33(2,3)29(25)18-21)37-32(36-20)22-15-17-26-24-11-7-9-13-28(24)34(4,5)30(26)19-22;1-16-25-23(21-14-6-10-17-8-2-4-12-19(17)21)27-24(26-16)22-15-7-11-18-9-3-5-13-20(18)22;1-16-25-23(21-12-10-17-6-2-4-8-19(17)14-21)27-24(26-16)22-13-11-18-7-3-5-9-20(18)15-22/h6-19H,1-5H3;2*2-15H,1H3. The Labute approximate surface area is 529 Å². The fourth-order valence-corrected chi connectivity index (χ4v) is 13.4. The van der Waals surface area contributed by atoms with Crippen molar-refractivity contribution in [1.29, 1.82) is 0 Å². The van der Waals surface area contributed by atoms with Crippen LogP contribution in [-0.2, 0) is 10.8 Å². The van der Waals surface area contributed by atoms with Gasteiger partial charge in [0.25, 0.3) is 0 Å². The lowest BCUT2D eigenvalue weighted by Crippen LogP contribution is -2.15. The monoisotopic (exact) mass is 1170 g/mol. The second kappa shape index (κ2) is 22.7. The molecule has 3 heterocycles. The minimum Gasteiger partial charge on any atom is -0.213 e. The number of hydrogen-bond acceptors (Lipinski definition) is 9. The molecule has 0 saturated carbocycles. The molecule has 9 nitrogen and oxygen atoms in total. The maximum absolute atomic E-state index is 5.00. The Kier molecular flexibility index (Phi) is 14.0. The highest BCUT2D eigenvalue weighted by molar-refractivity contribution is 5.98. The van der Waals surface area contributed by atoms with E-state index in [1.54, 1.807) is 0 Å². The summed E-state index contributed by atoms with van der Waals surface area (Å²) < 4.78 is 0. The summed E-state index contributed by atoms with van der Waals surface area (Å²) in [4.78, 5) is 42.6. The van der Waals surface area contributed by atoms with E-state index in [-0.39, 0.29) is 10.8 Å². The lowest BCUT2D eigenvalue weighted by Gasteiger charge is -2.22. The molecule has 91 heavy (non-hydrogen) atoms. The summed E-state index contributed by atoms with van der Waals surface area (Å²) in [6.45, 7) is 15.0. The van der Waals surface area contributed by atoms with Crippen LogP contribution in [0.1, 0.15) is 67.4 Å². The molecule has 436 valence electrons. The van der Waals surface area contributed by atoms with Gasteiger partial charge in [-0.05, 0) is 133 Å². The minimum atomic E-state index is -0.0621. The van der Waals surface area contributed by atoms with E-state index < -0.39 is 0 Å². The first-order valence-electron chi connectivity index (χ1n) is 30.9. The van der Waals surface area contributed by atoms with E-state index in [0.717, 1.165) is 73.3 Å². The molecule has 0 bridgehead atoms. The van der Waals surface area contributed by atoms with Gasteiger partial charge in [0.05, 0.1) is 0 Å². The molecule has 0 unspecified atom stereocenters. The first-order valence-corrected chi connectivity index (χ1v) is 30.9. The van der Waals surface area contributed by atoms with Gasteiger partial charge in [-0.15, -0.1) is 0 Å². The van der Waals surface area contributed by atoms with Gasteiger partial charge in [0.15, 0.2) is 34.9 Å². The van der Waals surface area contributed by atoms with E-state index in [0.29, 0.717) is 23.3 Å². The van der Waals surface area contributed by atoms with E-state index in [9.17, 15) is 0 Å². The van der Waals surface area contributed by atoms with Crippen molar-refractivity contribution in [3.05, 3.63) is 295 Å². The van der Waals surface area contributed by atoms with Crippen molar-refractivity contribution in [2.24, 2.45) is 0 Å². The van der Waals surface area contributed by atoms with Crippen molar-refractivity contribution in [3.63, 3.8) is 0 Å². The third-order valence-corrected chi connectivity index (χ3v) is 18.0.